The van der Waals surface area contributed by atoms with E-state index < -0.39 is 0 Å². The van der Waals surface area contributed by atoms with Crippen molar-refractivity contribution in [1.82, 2.24) is 0 Å². The molecule has 0 aliphatic carbocycles. The number of aldehydes is 1. The molecule has 2 aromatic rings. The highest BCUT2D eigenvalue weighted by Crippen LogP contribution is 2.25. The van der Waals surface area contributed by atoms with Crippen molar-refractivity contribution in [3.8, 4) is 11.3 Å². The molecule has 0 N–H and O–H groups in total. The highest BCUT2D eigenvalue weighted by molar-refractivity contribution is 5.77. The monoisotopic (exact) mass is 200 g/mol. The Hall–Kier alpha value is -1.83. The summed E-state index contributed by atoms with van der Waals surface area (Å²) >= 11 is 0. The molecule has 0 saturated heterocycles. The summed E-state index contributed by atoms with van der Waals surface area (Å²) in [5, 5.41) is 0. The number of aryl methyl sites for hydroxylation is 2. The first-order valence-corrected chi connectivity index (χ1v) is 4.83. The largest absolute Gasteiger partial charge is 0.461 e. The Morgan fingerprint density at radius 2 is 1.93 bits per heavy atom. The van der Waals surface area contributed by atoms with Gasteiger partial charge < -0.3 is 4.42 Å². The molecule has 2 heteroatoms. The van der Waals surface area contributed by atoms with Crippen LogP contribution in [0.25, 0.3) is 11.3 Å². The summed E-state index contributed by atoms with van der Waals surface area (Å²) in [6.07, 6.45) is 0.851. The van der Waals surface area contributed by atoms with Crippen LogP contribution in [0.15, 0.2) is 34.7 Å². The Morgan fingerprint density at radius 3 is 2.47 bits per heavy atom. The summed E-state index contributed by atoms with van der Waals surface area (Å²) in [6.45, 7) is 3.89. The van der Waals surface area contributed by atoms with Crippen molar-refractivity contribution in [3.63, 3.8) is 0 Å². The van der Waals surface area contributed by atoms with Gasteiger partial charge in [-0.25, -0.2) is 0 Å². The molecule has 0 radical (unpaired) electrons. The number of hydrogen-bond donors (Lipinski definition) is 0. The number of benzene rings is 1. The molecule has 0 atom stereocenters. The molecular formula is C13H12O2. The molecule has 1 aromatic heterocycles. The number of carbonyl (C=O) groups excluding carboxylic acids is 1. The average molecular weight is 200 g/mol. The molecule has 0 fully saturated rings. The normalized spacial score (nSPS) is 10.3. The fraction of sp³-hybridized carbons (Fsp3) is 0.154. The van der Waals surface area contributed by atoms with E-state index in [0.717, 1.165) is 28.9 Å². The molecule has 0 amide bonds. The van der Waals surface area contributed by atoms with E-state index in [2.05, 4.69) is 0 Å². The first-order valence-electron chi connectivity index (χ1n) is 4.83. The molecular weight excluding hydrogens is 188 g/mol. The lowest BCUT2D eigenvalue weighted by Crippen LogP contribution is -1.85. The molecule has 1 heterocycles. The molecule has 15 heavy (non-hydrogen) atoms. The Bertz CT molecular complexity index is 495. The maximum Gasteiger partial charge on any atom is 0.150 e. The van der Waals surface area contributed by atoms with Crippen LogP contribution >= 0.6 is 0 Å². The van der Waals surface area contributed by atoms with Crippen LogP contribution in [0.1, 0.15) is 21.7 Å². The zero-order chi connectivity index (χ0) is 10.8. The predicted molar refractivity (Wildman–Crippen MR) is 59.0 cm³/mol. The molecule has 0 aliphatic heterocycles. The van der Waals surface area contributed by atoms with Gasteiger partial charge in [-0.05, 0) is 37.6 Å². The maximum absolute atomic E-state index is 10.6. The molecule has 0 saturated carbocycles. The molecule has 2 nitrogen and oxygen atoms in total. The van der Waals surface area contributed by atoms with E-state index in [9.17, 15) is 4.79 Å². The molecule has 0 spiro atoms. The Kier molecular flexibility index (Phi) is 2.42. The van der Waals surface area contributed by atoms with Crippen molar-refractivity contribution >= 4 is 6.29 Å². The van der Waals surface area contributed by atoms with Crippen molar-refractivity contribution in [2.75, 3.05) is 0 Å². The minimum Gasteiger partial charge on any atom is -0.461 e. The lowest BCUT2D eigenvalue weighted by molar-refractivity contribution is 0.112. The van der Waals surface area contributed by atoms with E-state index in [-0.39, 0.29) is 0 Å². The SMILES string of the molecule is Cc1ccc(-c2ccc(C=O)cc2C)o1. The Balaban J connectivity index is 2.49. The van der Waals surface area contributed by atoms with Crippen LogP contribution in [0.5, 0.6) is 0 Å². The van der Waals surface area contributed by atoms with Gasteiger partial charge in [0.1, 0.15) is 17.8 Å². The smallest absolute Gasteiger partial charge is 0.150 e. The third-order valence-electron chi connectivity index (χ3n) is 2.39. The topological polar surface area (TPSA) is 30.2 Å². The van der Waals surface area contributed by atoms with Gasteiger partial charge in [-0.1, -0.05) is 12.1 Å². The van der Waals surface area contributed by atoms with Gasteiger partial charge in [-0.2, -0.15) is 0 Å². The van der Waals surface area contributed by atoms with Crippen molar-refractivity contribution < 1.29 is 9.21 Å². The van der Waals surface area contributed by atoms with Crippen molar-refractivity contribution in [2.45, 2.75) is 13.8 Å². The zero-order valence-electron chi connectivity index (χ0n) is 8.78. The van der Waals surface area contributed by atoms with Gasteiger partial charge in [0.2, 0.25) is 0 Å². The first kappa shape index (κ1) is 9.71. The number of rotatable bonds is 2. The zero-order valence-corrected chi connectivity index (χ0v) is 8.78. The quantitative estimate of drug-likeness (QED) is 0.695. The lowest BCUT2D eigenvalue weighted by atomic mass is 10.0. The van der Waals surface area contributed by atoms with E-state index in [1.165, 1.54) is 0 Å². The molecule has 0 unspecified atom stereocenters. The second-order valence-corrected chi connectivity index (χ2v) is 3.60. The minimum atomic E-state index is 0.694. The van der Waals surface area contributed by atoms with Crippen LogP contribution in [0.3, 0.4) is 0 Å². The van der Waals surface area contributed by atoms with Gasteiger partial charge in [0, 0.05) is 11.1 Å². The highest BCUT2D eigenvalue weighted by Gasteiger charge is 2.06. The van der Waals surface area contributed by atoms with Crippen LogP contribution in [-0.2, 0) is 0 Å². The summed E-state index contributed by atoms with van der Waals surface area (Å²) in [5.74, 6) is 1.74. The van der Waals surface area contributed by atoms with Crippen LogP contribution in [0.2, 0.25) is 0 Å². The second kappa shape index (κ2) is 3.73. The summed E-state index contributed by atoms with van der Waals surface area (Å²) in [5.41, 5.74) is 2.78. The third kappa shape index (κ3) is 1.84. The van der Waals surface area contributed by atoms with Crippen LogP contribution in [0, 0.1) is 13.8 Å². The van der Waals surface area contributed by atoms with Crippen LogP contribution in [0.4, 0.5) is 0 Å². The summed E-state index contributed by atoms with van der Waals surface area (Å²) < 4.78 is 5.54. The molecule has 76 valence electrons. The van der Waals surface area contributed by atoms with E-state index >= 15 is 0 Å². The predicted octanol–water partition coefficient (Wildman–Crippen LogP) is 3.38. The summed E-state index contributed by atoms with van der Waals surface area (Å²) in [7, 11) is 0. The van der Waals surface area contributed by atoms with Crippen molar-refractivity contribution in [2.24, 2.45) is 0 Å². The molecule has 0 aliphatic rings. The van der Waals surface area contributed by atoms with Crippen molar-refractivity contribution in [1.29, 1.82) is 0 Å². The number of furan rings is 1. The fourth-order valence-corrected chi connectivity index (χ4v) is 1.62. The van der Waals surface area contributed by atoms with Crippen LogP contribution < -0.4 is 0 Å². The van der Waals surface area contributed by atoms with Gasteiger partial charge in [-0.3, -0.25) is 4.79 Å². The standard InChI is InChI=1S/C13H12O2/c1-9-7-11(8-14)4-5-12(9)13-6-3-10(2)15-13/h3-8H,1-2H3. The van der Waals surface area contributed by atoms with Gasteiger partial charge in [0.05, 0.1) is 0 Å². The van der Waals surface area contributed by atoms with Gasteiger partial charge >= 0.3 is 0 Å². The lowest BCUT2D eigenvalue weighted by Gasteiger charge is -2.02. The minimum absolute atomic E-state index is 0.694. The summed E-state index contributed by atoms with van der Waals surface area (Å²) in [4.78, 5) is 10.6. The Labute approximate surface area is 88.5 Å². The first-order chi connectivity index (χ1) is 7.20. The fourth-order valence-electron chi connectivity index (χ4n) is 1.62. The number of carbonyl (C=O) groups is 1. The van der Waals surface area contributed by atoms with Gasteiger partial charge in [0.25, 0.3) is 0 Å². The van der Waals surface area contributed by atoms with E-state index in [4.69, 9.17) is 4.42 Å². The van der Waals surface area contributed by atoms with E-state index in [1.807, 2.05) is 38.1 Å². The third-order valence-corrected chi connectivity index (χ3v) is 2.39. The molecule has 1 aromatic carbocycles. The molecule has 2 rings (SSSR count). The number of hydrogen-bond acceptors (Lipinski definition) is 2. The second-order valence-electron chi connectivity index (χ2n) is 3.60. The van der Waals surface area contributed by atoms with E-state index in [1.54, 1.807) is 6.07 Å². The van der Waals surface area contributed by atoms with Gasteiger partial charge in [0.15, 0.2) is 0 Å². The van der Waals surface area contributed by atoms with E-state index in [0.29, 0.717) is 5.56 Å². The maximum atomic E-state index is 10.6. The van der Waals surface area contributed by atoms with Crippen LogP contribution in [-0.4, -0.2) is 6.29 Å². The van der Waals surface area contributed by atoms with Crippen molar-refractivity contribution in [3.05, 3.63) is 47.2 Å². The summed E-state index contributed by atoms with van der Waals surface area (Å²) in [6, 6.07) is 9.45. The Morgan fingerprint density at radius 1 is 1.13 bits per heavy atom. The molecule has 0 bridgehead atoms. The van der Waals surface area contributed by atoms with Gasteiger partial charge in [-0.15, -0.1) is 0 Å². The average Bonchev–Trinajstić information content (AvgIpc) is 2.64. The highest BCUT2D eigenvalue weighted by atomic mass is 16.3.